The number of anilines is 2. The number of aryl methyl sites for hydroxylation is 1. The summed E-state index contributed by atoms with van der Waals surface area (Å²) >= 11 is 1.59. The number of carbonyl (C=O) groups is 1. The predicted molar refractivity (Wildman–Crippen MR) is 138 cm³/mol. The third-order valence-corrected chi connectivity index (χ3v) is 6.49. The summed E-state index contributed by atoms with van der Waals surface area (Å²) in [5, 5.41) is 8.37. The van der Waals surface area contributed by atoms with Crippen LogP contribution in [0, 0.1) is 0 Å². The van der Waals surface area contributed by atoms with Gasteiger partial charge in [0.2, 0.25) is 0 Å². The molecule has 34 heavy (non-hydrogen) atoms. The van der Waals surface area contributed by atoms with Crippen molar-refractivity contribution in [1.82, 2.24) is 20.3 Å². The average Bonchev–Trinajstić information content (AvgIpc) is 3.32. The monoisotopic (exact) mass is 475 g/mol. The first-order chi connectivity index (χ1) is 16.4. The second-order valence-electron chi connectivity index (χ2n) is 8.65. The van der Waals surface area contributed by atoms with Gasteiger partial charge in [-0.1, -0.05) is 26.0 Å². The van der Waals surface area contributed by atoms with Crippen LogP contribution in [0.5, 0.6) is 5.75 Å². The lowest BCUT2D eigenvalue weighted by Gasteiger charge is -2.24. The first-order valence-corrected chi connectivity index (χ1v) is 12.3. The average molecular weight is 476 g/mol. The molecule has 0 radical (unpaired) electrons. The Kier molecular flexibility index (Phi) is 7.07. The largest absolute Gasteiger partial charge is 0.484 e. The van der Waals surface area contributed by atoms with Gasteiger partial charge < -0.3 is 15.4 Å². The molecule has 0 aliphatic rings. The van der Waals surface area contributed by atoms with E-state index in [1.54, 1.807) is 11.3 Å². The Balaban J connectivity index is 1.56. The Morgan fingerprint density at radius 3 is 2.71 bits per heavy atom. The molecule has 0 unspecified atom stereocenters. The number of fused-ring (bicyclic) bond motifs is 1. The van der Waals surface area contributed by atoms with Crippen LogP contribution in [0.25, 0.3) is 21.6 Å². The minimum atomic E-state index is -0.262. The van der Waals surface area contributed by atoms with Crippen LogP contribution in [0.2, 0.25) is 0 Å². The van der Waals surface area contributed by atoms with Gasteiger partial charge in [0, 0.05) is 16.8 Å². The van der Waals surface area contributed by atoms with Crippen molar-refractivity contribution < 1.29 is 9.53 Å². The van der Waals surface area contributed by atoms with Crippen molar-refractivity contribution in [3.63, 3.8) is 0 Å². The van der Waals surface area contributed by atoms with Gasteiger partial charge in [-0.3, -0.25) is 9.78 Å². The highest BCUT2D eigenvalue weighted by Gasteiger charge is 2.18. The number of amides is 1. The van der Waals surface area contributed by atoms with Crippen molar-refractivity contribution >= 4 is 39.0 Å². The maximum Gasteiger partial charge on any atom is 0.258 e. The van der Waals surface area contributed by atoms with E-state index in [-0.39, 0.29) is 18.1 Å². The first-order valence-electron chi connectivity index (χ1n) is 11.4. The number of aromatic nitrogens is 3. The van der Waals surface area contributed by atoms with Gasteiger partial charge in [0.1, 0.15) is 5.75 Å². The molecule has 0 saturated carbocycles. The summed E-state index contributed by atoms with van der Waals surface area (Å²) in [5.41, 5.74) is 3.32. The van der Waals surface area contributed by atoms with E-state index in [0.29, 0.717) is 11.6 Å². The van der Waals surface area contributed by atoms with E-state index in [2.05, 4.69) is 22.5 Å². The van der Waals surface area contributed by atoms with Crippen LogP contribution in [0.3, 0.4) is 0 Å². The van der Waals surface area contributed by atoms with E-state index in [9.17, 15) is 4.79 Å². The molecule has 2 N–H and O–H groups in total. The molecule has 1 amide bonds. The van der Waals surface area contributed by atoms with Gasteiger partial charge in [-0.05, 0) is 62.4 Å². The zero-order chi connectivity index (χ0) is 24.1. The number of nitrogens with one attached hydrogen (secondary N) is 2. The van der Waals surface area contributed by atoms with Crippen LogP contribution < -0.4 is 15.4 Å². The zero-order valence-corrected chi connectivity index (χ0v) is 20.7. The van der Waals surface area contributed by atoms with Crippen LogP contribution in [-0.4, -0.2) is 33.0 Å². The third kappa shape index (κ3) is 5.69. The molecule has 7 nitrogen and oxygen atoms in total. The lowest BCUT2D eigenvalue weighted by Crippen LogP contribution is -2.44. The lowest BCUT2D eigenvalue weighted by atomic mass is 10.0. The molecular formula is C26H29N5O2S. The molecule has 8 heteroatoms. The minimum absolute atomic E-state index is 0.0507. The second-order valence-corrected chi connectivity index (χ2v) is 9.57. The number of ether oxygens (including phenoxy) is 1. The lowest BCUT2D eigenvalue weighted by molar-refractivity contribution is -0.124. The molecule has 0 aliphatic carbocycles. The smallest absolute Gasteiger partial charge is 0.258 e. The number of benzene rings is 1. The molecule has 0 atom stereocenters. The fraction of sp³-hybridized carbons (Fsp3) is 0.308. The van der Waals surface area contributed by atoms with Crippen molar-refractivity contribution in [3.05, 3.63) is 59.7 Å². The number of hydrogen-bond donors (Lipinski definition) is 2. The van der Waals surface area contributed by atoms with Crippen molar-refractivity contribution in [1.29, 1.82) is 0 Å². The predicted octanol–water partition coefficient (Wildman–Crippen LogP) is 5.74. The normalized spacial score (nSPS) is 11.4. The number of hydrogen-bond acceptors (Lipinski definition) is 7. The van der Waals surface area contributed by atoms with Gasteiger partial charge in [-0.15, -0.1) is 11.3 Å². The van der Waals surface area contributed by atoms with Crippen LogP contribution in [0.1, 0.15) is 39.8 Å². The summed E-state index contributed by atoms with van der Waals surface area (Å²) in [4.78, 5) is 26.3. The van der Waals surface area contributed by atoms with Crippen LogP contribution in [-0.2, 0) is 11.2 Å². The topological polar surface area (TPSA) is 89.0 Å². The first kappa shape index (κ1) is 23.6. The van der Waals surface area contributed by atoms with Crippen LogP contribution >= 0.6 is 11.3 Å². The molecule has 0 aliphatic heterocycles. The minimum Gasteiger partial charge on any atom is -0.484 e. The number of carbonyl (C=O) groups excluding carboxylic acids is 1. The van der Waals surface area contributed by atoms with Crippen molar-refractivity contribution in [2.24, 2.45) is 0 Å². The van der Waals surface area contributed by atoms with Crippen LogP contribution in [0.15, 0.2) is 54.0 Å². The molecular weight excluding hydrogens is 446 g/mol. The third-order valence-electron chi connectivity index (χ3n) is 5.58. The Hall–Kier alpha value is -3.52. The number of pyridine rings is 1. The standard InChI is InChI=1S/C26H29N5O2S/c1-5-18-10-11-19(15-27-18)28-25-23-21(12-13-34-23)29-24(30-25)17-8-7-9-20(14-17)33-16-22(32)31-26(3,4)6-2/h7-15H,5-6,16H2,1-4H3,(H,31,32)(H,28,29,30). The molecule has 4 rings (SSSR count). The van der Waals surface area contributed by atoms with Gasteiger partial charge >= 0.3 is 0 Å². The summed E-state index contributed by atoms with van der Waals surface area (Å²) in [5.74, 6) is 1.74. The maximum absolute atomic E-state index is 12.2. The highest BCUT2D eigenvalue weighted by atomic mass is 32.1. The molecule has 176 valence electrons. The molecule has 0 bridgehead atoms. The van der Waals surface area contributed by atoms with E-state index in [1.807, 2.05) is 74.8 Å². The number of rotatable bonds is 9. The number of nitrogens with zero attached hydrogens (tertiary/aromatic N) is 3. The van der Waals surface area contributed by atoms with Crippen molar-refractivity contribution in [3.8, 4) is 17.1 Å². The van der Waals surface area contributed by atoms with Gasteiger partial charge in [0.15, 0.2) is 18.2 Å². The summed E-state index contributed by atoms with van der Waals surface area (Å²) in [6.45, 7) is 8.05. The van der Waals surface area contributed by atoms with Gasteiger partial charge in [-0.25, -0.2) is 9.97 Å². The summed E-state index contributed by atoms with van der Waals surface area (Å²) in [7, 11) is 0. The SMILES string of the molecule is CCc1ccc(Nc2nc(-c3cccc(OCC(=O)NC(C)(C)CC)c3)nc3ccsc23)cn1. The Bertz CT molecular complexity index is 1280. The van der Waals surface area contributed by atoms with E-state index < -0.39 is 0 Å². The molecule has 1 aromatic carbocycles. The summed E-state index contributed by atoms with van der Waals surface area (Å²) in [6.07, 6.45) is 3.55. The second kappa shape index (κ2) is 10.2. The van der Waals surface area contributed by atoms with E-state index >= 15 is 0 Å². The zero-order valence-electron chi connectivity index (χ0n) is 19.9. The fourth-order valence-corrected chi connectivity index (χ4v) is 4.07. The number of thiophene rings is 1. The van der Waals surface area contributed by atoms with Gasteiger partial charge in [0.05, 0.1) is 22.1 Å². The highest BCUT2D eigenvalue weighted by molar-refractivity contribution is 7.17. The molecule has 0 spiro atoms. The Morgan fingerprint density at radius 2 is 1.97 bits per heavy atom. The molecule has 3 heterocycles. The molecule has 0 saturated heterocycles. The fourth-order valence-electron chi connectivity index (χ4n) is 3.30. The summed E-state index contributed by atoms with van der Waals surface area (Å²) < 4.78 is 6.73. The molecule has 0 fully saturated rings. The van der Waals surface area contributed by atoms with Gasteiger partial charge in [0.25, 0.3) is 5.91 Å². The van der Waals surface area contributed by atoms with Crippen molar-refractivity contribution in [2.45, 2.75) is 46.1 Å². The summed E-state index contributed by atoms with van der Waals surface area (Å²) in [6, 6.07) is 13.5. The van der Waals surface area contributed by atoms with E-state index in [0.717, 1.165) is 45.8 Å². The van der Waals surface area contributed by atoms with Crippen molar-refractivity contribution in [2.75, 3.05) is 11.9 Å². The Labute approximate surface area is 203 Å². The highest BCUT2D eigenvalue weighted by Crippen LogP contribution is 2.31. The molecule has 4 aromatic rings. The maximum atomic E-state index is 12.2. The molecule has 3 aromatic heterocycles. The quantitative estimate of drug-likeness (QED) is 0.321. The van der Waals surface area contributed by atoms with E-state index in [4.69, 9.17) is 14.7 Å². The van der Waals surface area contributed by atoms with E-state index in [1.165, 1.54) is 0 Å². The van der Waals surface area contributed by atoms with Crippen LogP contribution in [0.4, 0.5) is 11.5 Å². The Morgan fingerprint density at radius 1 is 1.12 bits per heavy atom. The van der Waals surface area contributed by atoms with Gasteiger partial charge in [-0.2, -0.15) is 0 Å².